The van der Waals surface area contributed by atoms with Crippen LogP contribution < -0.4 is 0 Å². The number of esters is 1. The minimum absolute atomic E-state index is 0.189. The number of thiophene rings is 1. The predicted molar refractivity (Wildman–Crippen MR) is 131 cm³/mol. The number of ketones is 1. The summed E-state index contributed by atoms with van der Waals surface area (Å²) in [6, 6.07) is 13.5. The highest BCUT2D eigenvalue weighted by molar-refractivity contribution is 7.20. The van der Waals surface area contributed by atoms with Gasteiger partial charge in [0.1, 0.15) is 9.71 Å². The van der Waals surface area contributed by atoms with Gasteiger partial charge in [-0.1, -0.05) is 18.2 Å². The topological polar surface area (TPSA) is 75.4 Å². The molecule has 1 aliphatic heterocycles. The van der Waals surface area contributed by atoms with Crippen LogP contribution in [-0.2, 0) is 16.0 Å². The molecule has 3 aromatic heterocycles. The largest absolute Gasteiger partial charge is 0.453 e. The molecule has 0 N–H and O–H groups in total. The summed E-state index contributed by atoms with van der Waals surface area (Å²) in [7, 11) is 0. The van der Waals surface area contributed by atoms with Gasteiger partial charge in [0, 0.05) is 35.5 Å². The van der Waals surface area contributed by atoms with Crippen LogP contribution in [-0.4, -0.2) is 45.4 Å². The van der Waals surface area contributed by atoms with Crippen molar-refractivity contribution in [2.24, 2.45) is 0 Å². The fourth-order valence-corrected chi connectivity index (χ4v) is 5.60. The fourth-order valence-electron chi connectivity index (χ4n) is 4.53. The maximum absolute atomic E-state index is 12.9. The summed E-state index contributed by atoms with van der Waals surface area (Å²) in [6.45, 7) is 7.08. The predicted octanol–water partition coefficient (Wildman–Crippen LogP) is 5.03. The van der Waals surface area contributed by atoms with E-state index in [1.165, 1.54) is 11.3 Å². The lowest BCUT2D eigenvalue weighted by atomic mass is 10.1. The van der Waals surface area contributed by atoms with Gasteiger partial charge in [0.05, 0.1) is 17.5 Å². The van der Waals surface area contributed by atoms with Crippen molar-refractivity contribution in [2.75, 3.05) is 13.2 Å². The Kier molecular flexibility index (Phi) is 6.10. The Morgan fingerprint density at radius 3 is 2.71 bits per heavy atom. The Labute approximate surface area is 201 Å². The van der Waals surface area contributed by atoms with Crippen molar-refractivity contribution in [1.82, 2.24) is 14.3 Å². The van der Waals surface area contributed by atoms with Gasteiger partial charge in [0.2, 0.25) is 5.78 Å². The summed E-state index contributed by atoms with van der Waals surface area (Å²) in [5.41, 5.74) is 4.25. The highest BCUT2D eigenvalue weighted by Crippen LogP contribution is 2.31. The van der Waals surface area contributed by atoms with E-state index in [0.717, 1.165) is 59.0 Å². The van der Waals surface area contributed by atoms with Gasteiger partial charge in [-0.25, -0.2) is 9.48 Å². The van der Waals surface area contributed by atoms with Crippen molar-refractivity contribution in [3.05, 3.63) is 70.0 Å². The number of para-hydroxylation sites is 1. The van der Waals surface area contributed by atoms with Crippen LogP contribution in [0, 0.1) is 20.8 Å². The molecule has 4 aromatic rings. The Balaban J connectivity index is 1.29. The van der Waals surface area contributed by atoms with E-state index in [2.05, 4.69) is 9.67 Å². The second-order valence-electron chi connectivity index (χ2n) is 8.69. The van der Waals surface area contributed by atoms with Crippen molar-refractivity contribution in [3.8, 4) is 5.69 Å². The molecule has 0 saturated carbocycles. The van der Waals surface area contributed by atoms with Crippen LogP contribution in [0.1, 0.15) is 50.0 Å². The number of rotatable bonds is 7. The zero-order valence-electron chi connectivity index (χ0n) is 19.5. The lowest BCUT2D eigenvalue weighted by molar-refractivity contribution is 0.0479. The third kappa shape index (κ3) is 4.19. The number of hydrogen-bond donors (Lipinski definition) is 0. The zero-order chi connectivity index (χ0) is 23.8. The smallest absolute Gasteiger partial charge is 0.348 e. The number of aromatic nitrogens is 3. The molecule has 1 saturated heterocycles. The first kappa shape index (κ1) is 22.6. The van der Waals surface area contributed by atoms with E-state index >= 15 is 0 Å². The molecule has 7 nitrogen and oxygen atoms in total. The van der Waals surface area contributed by atoms with E-state index in [4.69, 9.17) is 9.47 Å². The first-order valence-corrected chi connectivity index (χ1v) is 12.3. The van der Waals surface area contributed by atoms with E-state index in [9.17, 15) is 9.59 Å². The average molecular weight is 478 g/mol. The number of carbonyl (C=O) groups is 2. The summed E-state index contributed by atoms with van der Waals surface area (Å²) in [4.78, 5) is 27.0. The summed E-state index contributed by atoms with van der Waals surface area (Å²) < 4.78 is 15.1. The van der Waals surface area contributed by atoms with E-state index in [1.54, 1.807) is 6.07 Å². The first-order valence-electron chi connectivity index (χ1n) is 11.5. The minimum atomic E-state index is -0.498. The number of Topliss-reactive ketones (excluding diaryl/α,β-unsaturated/α-hetero) is 1. The number of hydrogen-bond acceptors (Lipinski definition) is 6. The third-order valence-corrected chi connectivity index (χ3v) is 7.46. The van der Waals surface area contributed by atoms with Crippen molar-refractivity contribution < 1.29 is 19.1 Å². The lowest BCUT2D eigenvalue weighted by Gasteiger charge is -2.14. The summed E-state index contributed by atoms with van der Waals surface area (Å²) in [5, 5.41) is 5.51. The molecule has 34 heavy (non-hydrogen) atoms. The SMILES string of the molecule is Cc1nn(-c2ccccc2)c2sc(C(=O)OCC(=O)c3cc(C)n(CC4CCCO4)c3C)cc12. The Morgan fingerprint density at radius 2 is 1.97 bits per heavy atom. The zero-order valence-corrected chi connectivity index (χ0v) is 20.4. The van der Waals surface area contributed by atoms with Crippen LogP contribution in [0.15, 0.2) is 42.5 Å². The average Bonchev–Trinajstić information content (AvgIpc) is 3.61. The van der Waals surface area contributed by atoms with E-state index in [1.807, 2.05) is 61.9 Å². The summed E-state index contributed by atoms with van der Waals surface area (Å²) in [5.74, 6) is -0.700. The molecule has 8 heteroatoms. The second kappa shape index (κ2) is 9.19. The van der Waals surface area contributed by atoms with E-state index in [0.29, 0.717) is 10.4 Å². The number of carbonyl (C=O) groups excluding carboxylic acids is 2. The van der Waals surface area contributed by atoms with Gasteiger partial charge >= 0.3 is 5.97 Å². The molecule has 0 spiro atoms. The Morgan fingerprint density at radius 1 is 1.18 bits per heavy atom. The quantitative estimate of drug-likeness (QED) is 0.276. The van der Waals surface area contributed by atoms with Crippen LogP contribution in [0.5, 0.6) is 0 Å². The van der Waals surface area contributed by atoms with Gasteiger partial charge in [-0.3, -0.25) is 4.79 Å². The van der Waals surface area contributed by atoms with Crippen LogP contribution in [0.3, 0.4) is 0 Å². The molecule has 1 aromatic carbocycles. The molecular weight excluding hydrogens is 450 g/mol. The normalized spacial score (nSPS) is 15.8. The van der Waals surface area contributed by atoms with Crippen molar-refractivity contribution in [2.45, 2.75) is 46.3 Å². The van der Waals surface area contributed by atoms with Crippen molar-refractivity contribution in [3.63, 3.8) is 0 Å². The molecule has 4 heterocycles. The number of fused-ring (bicyclic) bond motifs is 1. The Hall–Kier alpha value is -3.23. The van der Waals surface area contributed by atoms with Crippen LogP contribution >= 0.6 is 11.3 Å². The molecule has 176 valence electrons. The Bertz CT molecular complexity index is 1360. The molecule has 5 rings (SSSR count). The maximum atomic E-state index is 12.9. The standard InChI is InChI=1S/C26H27N3O4S/c1-16-12-22(18(3)28(16)14-20-10-7-11-32-20)23(30)15-33-26(31)24-13-21-17(2)27-29(25(21)34-24)19-8-5-4-6-9-19/h4-6,8-9,12-13,20H,7,10-11,14-15H2,1-3H3. The lowest BCUT2D eigenvalue weighted by Crippen LogP contribution is -2.18. The molecule has 0 amide bonds. The molecule has 1 unspecified atom stereocenters. The van der Waals surface area contributed by atoms with Crippen LogP contribution in [0.4, 0.5) is 0 Å². The van der Waals surface area contributed by atoms with Crippen molar-refractivity contribution >= 4 is 33.3 Å². The van der Waals surface area contributed by atoms with Gasteiger partial charge < -0.3 is 14.0 Å². The molecule has 0 radical (unpaired) electrons. The van der Waals surface area contributed by atoms with Crippen molar-refractivity contribution in [1.29, 1.82) is 0 Å². The summed E-state index contributed by atoms with van der Waals surface area (Å²) >= 11 is 1.32. The van der Waals surface area contributed by atoms with Gasteiger partial charge in [0.25, 0.3) is 0 Å². The minimum Gasteiger partial charge on any atom is -0.453 e. The van der Waals surface area contributed by atoms with E-state index in [-0.39, 0.29) is 18.5 Å². The third-order valence-electron chi connectivity index (χ3n) is 6.37. The first-order chi connectivity index (χ1) is 16.4. The highest BCUT2D eigenvalue weighted by Gasteiger charge is 2.23. The van der Waals surface area contributed by atoms with Gasteiger partial charge in [-0.05, 0) is 57.9 Å². The molecule has 1 atom stereocenters. The molecule has 0 aliphatic carbocycles. The monoisotopic (exact) mass is 477 g/mol. The molecular formula is C26H27N3O4S. The number of aryl methyl sites for hydroxylation is 2. The number of benzene rings is 1. The molecule has 1 aliphatic rings. The van der Waals surface area contributed by atoms with Gasteiger partial charge in [-0.15, -0.1) is 11.3 Å². The summed E-state index contributed by atoms with van der Waals surface area (Å²) in [6.07, 6.45) is 2.30. The highest BCUT2D eigenvalue weighted by atomic mass is 32.1. The molecule has 0 bridgehead atoms. The molecule has 1 fully saturated rings. The maximum Gasteiger partial charge on any atom is 0.348 e. The van der Waals surface area contributed by atoms with Gasteiger partial charge in [-0.2, -0.15) is 5.10 Å². The van der Waals surface area contributed by atoms with Crippen LogP contribution in [0.2, 0.25) is 0 Å². The van der Waals surface area contributed by atoms with Crippen LogP contribution in [0.25, 0.3) is 15.9 Å². The number of nitrogens with zero attached hydrogens (tertiary/aromatic N) is 3. The fraction of sp³-hybridized carbons (Fsp3) is 0.346. The van der Waals surface area contributed by atoms with E-state index < -0.39 is 5.97 Å². The van der Waals surface area contributed by atoms with Gasteiger partial charge in [0.15, 0.2) is 6.61 Å². The second-order valence-corrected chi connectivity index (χ2v) is 9.72. The number of ether oxygens (including phenoxy) is 2.